The van der Waals surface area contributed by atoms with Crippen molar-refractivity contribution in [1.29, 1.82) is 0 Å². The minimum atomic E-state index is -0.634. The van der Waals surface area contributed by atoms with Crippen LogP contribution in [0.2, 0.25) is 0 Å². The number of benzene rings is 1. The Bertz CT molecular complexity index is 484. The van der Waals surface area contributed by atoms with Crippen molar-refractivity contribution in [2.24, 2.45) is 5.73 Å². The van der Waals surface area contributed by atoms with Crippen LogP contribution in [0.3, 0.4) is 0 Å². The minimum absolute atomic E-state index is 0.00323. The van der Waals surface area contributed by atoms with Crippen LogP contribution in [0.15, 0.2) is 24.3 Å². The van der Waals surface area contributed by atoms with Crippen molar-refractivity contribution in [3.05, 3.63) is 35.6 Å². The zero-order chi connectivity index (χ0) is 14.9. The molecule has 3 N–H and O–H groups in total. The number of carbonyl (C=O) groups excluding carboxylic acids is 1. The molecule has 1 amide bonds. The molecule has 0 bridgehead atoms. The predicted octanol–water partition coefficient (Wildman–Crippen LogP) is 1.42. The highest BCUT2D eigenvalue weighted by molar-refractivity contribution is 5.86. The summed E-state index contributed by atoms with van der Waals surface area (Å²) in [5, 5.41) is 2.88. The highest BCUT2D eigenvalue weighted by Gasteiger charge is 2.42. The lowest BCUT2D eigenvalue weighted by molar-refractivity contribution is -0.137. The molecule has 110 valence electrons. The number of hydrogen-bond donors (Lipinski definition) is 2. The van der Waals surface area contributed by atoms with Crippen LogP contribution in [0.5, 0.6) is 0 Å². The number of amides is 1. The number of halogens is 1. The second-order valence-electron chi connectivity index (χ2n) is 5.86. The minimum Gasteiger partial charge on any atom is -0.353 e. The van der Waals surface area contributed by atoms with Crippen LogP contribution in [-0.4, -0.2) is 35.5 Å². The Kier molecular flexibility index (Phi) is 4.11. The summed E-state index contributed by atoms with van der Waals surface area (Å²) in [6.07, 6.45) is 0. The lowest BCUT2D eigenvalue weighted by Gasteiger charge is -2.47. The van der Waals surface area contributed by atoms with Gasteiger partial charge in [-0.05, 0) is 38.5 Å². The number of nitrogens with zero attached hydrogens (tertiary/aromatic N) is 1. The summed E-state index contributed by atoms with van der Waals surface area (Å²) in [6, 6.07) is 6.07. The number of nitrogens with one attached hydrogen (secondary N) is 1. The molecule has 0 aromatic heterocycles. The molecule has 4 nitrogen and oxygen atoms in total. The number of carbonyl (C=O) groups is 1. The summed E-state index contributed by atoms with van der Waals surface area (Å²) in [5.41, 5.74) is 6.44. The standard InChI is InChI=1S/C15H22FN3O/c1-10(17)13(11-4-6-12(16)7-5-11)19-9-8-18-14(20)15(19,2)3/h4-7,10,13H,8-9,17H2,1-3H3,(H,18,20). The molecule has 1 fully saturated rings. The van der Waals surface area contributed by atoms with E-state index in [0.717, 1.165) is 12.1 Å². The van der Waals surface area contributed by atoms with E-state index >= 15 is 0 Å². The van der Waals surface area contributed by atoms with Crippen molar-refractivity contribution in [3.8, 4) is 0 Å². The van der Waals surface area contributed by atoms with E-state index < -0.39 is 5.54 Å². The van der Waals surface area contributed by atoms with E-state index in [1.54, 1.807) is 12.1 Å². The fourth-order valence-electron chi connectivity index (χ4n) is 2.83. The Morgan fingerprint density at radius 3 is 2.50 bits per heavy atom. The summed E-state index contributed by atoms with van der Waals surface area (Å²) in [4.78, 5) is 14.2. The van der Waals surface area contributed by atoms with Gasteiger partial charge in [-0.2, -0.15) is 0 Å². The Balaban J connectivity index is 2.37. The van der Waals surface area contributed by atoms with Crippen molar-refractivity contribution in [1.82, 2.24) is 10.2 Å². The molecule has 0 aliphatic carbocycles. The molecular formula is C15H22FN3O. The smallest absolute Gasteiger partial charge is 0.240 e. The molecule has 2 unspecified atom stereocenters. The van der Waals surface area contributed by atoms with Crippen LogP contribution in [0.25, 0.3) is 0 Å². The molecular weight excluding hydrogens is 257 g/mol. The van der Waals surface area contributed by atoms with Crippen LogP contribution < -0.4 is 11.1 Å². The highest BCUT2D eigenvalue weighted by atomic mass is 19.1. The lowest BCUT2D eigenvalue weighted by atomic mass is 9.90. The summed E-state index contributed by atoms with van der Waals surface area (Å²) < 4.78 is 13.1. The topological polar surface area (TPSA) is 58.4 Å². The van der Waals surface area contributed by atoms with Crippen molar-refractivity contribution in [3.63, 3.8) is 0 Å². The Hall–Kier alpha value is -1.46. The van der Waals surface area contributed by atoms with Crippen LogP contribution in [0, 0.1) is 5.82 Å². The zero-order valence-electron chi connectivity index (χ0n) is 12.2. The van der Waals surface area contributed by atoms with Crippen LogP contribution >= 0.6 is 0 Å². The van der Waals surface area contributed by atoms with Gasteiger partial charge in [-0.25, -0.2) is 4.39 Å². The zero-order valence-corrected chi connectivity index (χ0v) is 12.2. The van der Waals surface area contributed by atoms with Gasteiger partial charge in [0.1, 0.15) is 5.82 Å². The van der Waals surface area contributed by atoms with E-state index in [1.165, 1.54) is 12.1 Å². The van der Waals surface area contributed by atoms with E-state index in [0.29, 0.717) is 6.54 Å². The van der Waals surface area contributed by atoms with Gasteiger partial charge < -0.3 is 11.1 Å². The van der Waals surface area contributed by atoms with Gasteiger partial charge >= 0.3 is 0 Å². The summed E-state index contributed by atoms with van der Waals surface area (Å²) >= 11 is 0. The van der Waals surface area contributed by atoms with Crippen molar-refractivity contribution in [2.75, 3.05) is 13.1 Å². The quantitative estimate of drug-likeness (QED) is 0.880. The van der Waals surface area contributed by atoms with Gasteiger partial charge in [0.05, 0.1) is 11.6 Å². The maximum Gasteiger partial charge on any atom is 0.240 e. The highest BCUT2D eigenvalue weighted by Crippen LogP contribution is 2.32. The number of rotatable bonds is 3. The fourth-order valence-corrected chi connectivity index (χ4v) is 2.83. The van der Waals surface area contributed by atoms with Gasteiger partial charge in [-0.1, -0.05) is 12.1 Å². The second-order valence-corrected chi connectivity index (χ2v) is 5.86. The molecule has 1 aliphatic rings. The SMILES string of the molecule is CC(N)C(c1ccc(F)cc1)N1CCNC(=O)C1(C)C. The molecule has 1 aromatic carbocycles. The van der Waals surface area contributed by atoms with Crippen molar-refractivity contribution < 1.29 is 9.18 Å². The van der Waals surface area contributed by atoms with E-state index in [9.17, 15) is 9.18 Å². The monoisotopic (exact) mass is 279 g/mol. The molecule has 1 aliphatic heterocycles. The van der Waals surface area contributed by atoms with Gasteiger partial charge in [0, 0.05) is 19.1 Å². The maximum atomic E-state index is 13.1. The molecule has 0 saturated carbocycles. The van der Waals surface area contributed by atoms with Crippen LogP contribution in [0.4, 0.5) is 4.39 Å². The largest absolute Gasteiger partial charge is 0.353 e. The number of nitrogens with two attached hydrogens (primary N) is 1. The van der Waals surface area contributed by atoms with E-state index in [2.05, 4.69) is 10.2 Å². The van der Waals surface area contributed by atoms with Gasteiger partial charge in [-0.3, -0.25) is 9.69 Å². The molecule has 2 rings (SSSR count). The molecule has 5 heteroatoms. The average Bonchev–Trinajstić information content (AvgIpc) is 2.37. The summed E-state index contributed by atoms with van der Waals surface area (Å²) in [6.45, 7) is 7.02. The predicted molar refractivity (Wildman–Crippen MR) is 76.6 cm³/mol. The summed E-state index contributed by atoms with van der Waals surface area (Å²) in [7, 11) is 0. The van der Waals surface area contributed by atoms with Crippen LogP contribution in [-0.2, 0) is 4.79 Å². The van der Waals surface area contributed by atoms with E-state index in [1.807, 2.05) is 20.8 Å². The first kappa shape index (κ1) is 14.9. The maximum absolute atomic E-state index is 13.1. The van der Waals surface area contributed by atoms with Gasteiger partial charge in [0.25, 0.3) is 0 Å². The molecule has 0 radical (unpaired) electrons. The third-order valence-electron chi connectivity index (χ3n) is 3.96. The van der Waals surface area contributed by atoms with E-state index in [4.69, 9.17) is 5.73 Å². The Labute approximate surface area is 119 Å². The van der Waals surface area contributed by atoms with Gasteiger partial charge in [0.2, 0.25) is 5.91 Å². The number of piperazine rings is 1. The molecule has 20 heavy (non-hydrogen) atoms. The van der Waals surface area contributed by atoms with E-state index in [-0.39, 0.29) is 23.8 Å². The molecule has 0 spiro atoms. The van der Waals surface area contributed by atoms with Crippen LogP contribution in [0.1, 0.15) is 32.4 Å². The normalized spacial score (nSPS) is 22.1. The Morgan fingerprint density at radius 2 is 1.95 bits per heavy atom. The number of hydrogen-bond acceptors (Lipinski definition) is 3. The van der Waals surface area contributed by atoms with Gasteiger partial charge in [0.15, 0.2) is 0 Å². The molecule has 1 aromatic rings. The molecule has 1 heterocycles. The first-order chi connectivity index (χ1) is 9.34. The lowest BCUT2D eigenvalue weighted by Crippen LogP contribution is -2.64. The molecule has 2 atom stereocenters. The third kappa shape index (κ3) is 2.69. The van der Waals surface area contributed by atoms with Crippen molar-refractivity contribution >= 4 is 5.91 Å². The molecule has 1 saturated heterocycles. The first-order valence-corrected chi connectivity index (χ1v) is 6.90. The average molecular weight is 279 g/mol. The first-order valence-electron chi connectivity index (χ1n) is 6.90. The Morgan fingerprint density at radius 1 is 1.35 bits per heavy atom. The third-order valence-corrected chi connectivity index (χ3v) is 3.96. The van der Waals surface area contributed by atoms with Crippen molar-refractivity contribution in [2.45, 2.75) is 38.4 Å². The summed E-state index contributed by atoms with van der Waals surface area (Å²) in [5.74, 6) is -0.274. The fraction of sp³-hybridized carbons (Fsp3) is 0.533. The second kappa shape index (κ2) is 5.50. The van der Waals surface area contributed by atoms with Gasteiger partial charge in [-0.15, -0.1) is 0 Å².